The average Bonchev–Trinajstić information content (AvgIpc) is 3.17. The van der Waals surface area contributed by atoms with E-state index in [2.05, 4.69) is 18.3 Å². The van der Waals surface area contributed by atoms with E-state index < -0.39 is 0 Å². The minimum Gasteiger partial charge on any atom is -0.398 e. The van der Waals surface area contributed by atoms with Crippen LogP contribution in [-0.2, 0) is 6.42 Å². The van der Waals surface area contributed by atoms with Crippen molar-refractivity contribution in [3.05, 3.63) is 23.8 Å². The lowest BCUT2D eigenvalue weighted by Crippen LogP contribution is -2.19. The molecule has 1 aliphatic rings. The van der Waals surface area contributed by atoms with Gasteiger partial charge in [0.15, 0.2) is 0 Å². The molecule has 0 spiro atoms. The molecule has 3 N–H and O–H groups in total. The highest BCUT2D eigenvalue weighted by atomic mass is 14.9. The Balaban J connectivity index is 2.02. The standard InChI is InChI=1S/C15H21N3/c1-2-13(9-11-3-4-11)18-14-5-6-15(17)12(10-14)7-8-16/h5-6,10-11,13,18H,2-4,7,9,17H2,1H3. The van der Waals surface area contributed by atoms with Crippen LogP contribution >= 0.6 is 0 Å². The first kappa shape index (κ1) is 12.8. The Hall–Kier alpha value is -1.69. The molecule has 1 atom stereocenters. The van der Waals surface area contributed by atoms with Gasteiger partial charge in [-0.1, -0.05) is 19.8 Å². The summed E-state index contributed by atoms with van der Waals surface area (Å²) in [7, 11) is 0. The Bertz CT molecular complexity index is 444. The van der Waals surface area contributed by atoms with Crippen molar-refractivity contribution in [1.82, 2.24) is 0 Å². The van der Waals surface area contributed by atoms with Crippen molar-refractivity contribution in [2.75, 3.05) is 11.1 Å². The molecule has 1 aromatic rings. The SMILES string of the molecule is CCC(CC1CC1)Nc1ccc(N)c(CC#N)c1. The molecule has 3 nitrogen and oxygen atoms in total. The van der Waals surface area contributed by atoms with Crippen molar-refractivity contribution in [2.24, 2.45) is 5.92 Å². The van der Waals surface area contributed by atoms with E-state index in [-0.39, 0.29) is 0 Å². The lowest BCUT2D eigenvalue weighted by molar-refractivity contribution is 0.587. The number of hydrogen-bond donors (Lipinski definition) is 2. The molecule has 96 valence electrons. The number of rotatable bonds is 6. The predicted octanol–water partition coefficient (Wildman–Crippen LogP) is 3.33. The van der Waals surface area contributed by atoms with Crippen molar-refractivity contribution in [3.8, 4) is 6.07 Å². The van der Waals surface area contributed by atoms with Gasteiger partial charge in [0.05, 0.1) is 12.5 Å². The molecule has 1 fully saturated rings. The summed E-state index contributed by atoms with van der Waals surface area (Å²) in [5, 5.41) is 12.3. The first-order chi connectivity index (χ1) is 8.72. The normalized spacial score (nSPS) is 16.0. The van der Waals surface area contributed by atoms with E-state index >= 15 is 0 Å². The first-order valence-electron chi connectivity index (χ1n) is 6.74. The zero-order valence-corrected chi connectivity index (χ0v) is 10.9. The summed E-state index contributed by atoms with van der Waals surface area (Å²) < 4.78 is 0. The molecule has 0 aliphatic heterocycles. The monoisotopic (exact) mass is 243 g/mol. The molecule has 0 heterocycles. The smallest absolute Gasteiger partial charge is 0.0670 e. The van der Waals surface area contributed by atoms with Crippen LogP contribution in [-0.4, -0.2) is 6.04 Å². The molecule has 0 aromatic heterocycles. The number of anilines is 2. The summed E-state index contributed by atoms with van der Waals surface area (Å²) in [5.41, 5.74) is 8.56. The van der Waals surface area contributed by atoms with Crippen LogP contribution in [0.15, 0.2) is 18.2 Å². The second-order valence-electron chi connectivity index (χ2n) is 5.18. The van der Waals surface area contributed by atoms with Crippen LogP contribution in [0.4, 0.5) is 11.4 Å². The van der Waals surface area contributed by atoms with E-state index in [4.69, 9.17) is 11.0 Å². The van der Waals surface area contributed by atoms with Crippen molar-refractivity contribution in [1.29, 1.82) is 5.26 Å². The largest absolute Gasteiger partial charge is 0.398 e. The molecule has 1 unspecified atom stereocenters. The van der Waals surface area contributed by atoms with Gasteiger partial charge >= 0.3 is 0 Å². The molecular formula is C15H21N3. The van der Waals surface area contributed by atoms with Crippen LogP contribution in [0, 0.1) is 17.2 Å². The fourth-order valence-corrected chi connectivity index (χ4v) is 2.25. The van der Waals surface area contributed by atoms with E-state index in [1.54, 1.807) is 0 Å². The van der Waals surface area contributed by atoms with Gasteiger partial charge in [0, 0.05) is 17.4 Å². The summed E-state index contributed by atoms with van der Waals surface area (Å²) in [4.78, 5) is 0. The van der Waals surface area contributed by atoms with Gasteiger partial charge in [-0.2, -0.15) is 5.26 Å². The quantitative estimate of drug-likeness (QED) is 0.753. The van der Waals surface area contributed by atoms with Crippen molar-refractivity contribution in [2.45, 2.75) is 45.1 Å². The van der Waals surface area contributed by atoms with Gasteiger partial charge in [0.1, 0.15) is 0 Å². The van der Waals surface area contributed by atoms with Crippen molar-refractivity contribution < 1.29 is 0 Å². The van der Waals surface area contributed by atoms with Gasteiger partial charge in [-0.15, -0.1) is 0 Å². The maximum atomic E-state index is 8.76. The van der Waals surface area contributed by atoms with Crippen LogP contribution in [0.3, 0.4) is 0 Å². The van der Waals surface area contributed by atoms with Crippen LogP contribution in [0.2, 0.25) is 0 Å². The number of benzene rings is 1. The molecular weight excluding hydrogens is 222 g/mol. The van der Waals surface area contributed by atoms with Crippen molar-refractivity contribution in [3.63, 3.8) is 0 Å². The van der Waals surface area contributed by atoms with Gasteiger partial charge in [-0.3, -0.25) is 0 Å². The van der Waals surface area contributed by atoms with Crippen LogP contribution in [0.1, 0.15) is 38.2 Å². The molecule has 1 saturated carbocycles. The zero-order chi connectivity index (χ0) is 13.0. The molecule has 18 heavy (non-hydrogen) atoms. The van der Waals surface area contributed by atoms with Crippen molar-refractivity contribution >= 4 is 11.4 Å². The predicted molar refractivity (Wildman–Crippen MR) is 75.2 cm³/mol. The highest BCUT2D eigenvalue weighted by Gasteiger charge is 2.24. The summed E-state index contributed by atoms with van der Waals surface area (Å²) >= 11 is 0. The van der Waals surface area contributed by atoms with Gasteiger partial charge in [0.25, 0.3) is 0 Å². The first-order valence-corrected chi connectivity index (χ1v) is 6.74. The molecule has 0 amide bonds. The topological polar surface area (TPSA) is 61.8 Å². The van der Waals surface area contributed by atoms with Crippen LogP contribution in [0.5, 0.6) is 0 Å². The minimum absolute atomic E-state index is 0.376. The molecule has 0 radical (unpaired) electrons. The molecule has 0 bridgehead atoms. The van der Waals surface area contributed by atoms with E-state index in [1.165, 1.54) is 19.3 Å². The molecule has 0 saturated heterocycles. The molecule has 1 aromatic carbocycles. The maximum Gasteiger partial charge on any atom is 0.0670 e. The fourth-order valence-electron chi connectivity index (χ4n) is 2.25. The number of nitrogen functional groups attached to an aromatic ring is 1. The summed E-state index contributed by atoms with van der Waals surface area (Å²) in [5.74, 6) is 0.926. The Morgan fingerprint density at radius 3 is 2.89 bits per heavy atom. The van der Waals surface area contributed by atoms with Gasteiger partial charge in [-0.25, -0.2) is 0 Å². The lowest BCUT2D eigenvalue weighted by atomic mass is 10.1. The number of nitriles is 1. The minimum atomic E-state index is 0.376. The molecule has 1 aliphatic carbocycles. The Morgan fingerprint density at radius 1 is 1.50 bits per heavy atom. The summed E-state index contributed by atoms with van der Waals surface area (Å²) in [6.45, 7) is 2.22. The third-order valence-corrected chi connectivity index (χ3v) is 3.59. The zero-order valence-electron chi connectivity index (χ0n) is 10.9. The average molecular weight is 243 g/mol. The third kappa shape index (κ3) is 3.40. The highest BCUT2D eigenvalue weighted by Crippen LogP contribution is 2.35. The van der Waals surface area contributed by atoms with Crippen LogP contribution in [0.25, 0.3) is 0 Å². The molecule has 3 heteroatoms. The summed E-state index contributed by atoms with van der Waals surface area (Å²) in [6, 6.07) is 8.59. The second-order valence-corrected chi connectivity index (χ2v) is 5.18. The van der Waals surface area contributed by atoms with E-state index in [1.807, 2.05) is 18.2 Å². The van der Waals surface area contributed by atoms with Crippen LogP contribution < -0.4 is 11.1 Å². The third-order valence-electron chi connectivity index (χ3n) is 3.59. The van der Waals surface area contributed by atoms with E-state index in [0.29, 0.717) is 18.2 Å². The van der Waals surface area contributed by atoms with E-state index in [0.717, 1.165) is 23.6 Å². The highest BCUT2D eigenvalue weighted by molar-refractivity contribution is 5.58. The Kier molecular flexibility index (Phi) is 4.09. The van der Waals surface area contributed by atoms with Gasteiger partial charge in [-0.05, 0) is 42.5 Å². The van der Waals surface area contributed by atoms with Gasteiger partial charge < -0.3 is 11.1 Å². The number of nitrogens with one attached hydrogen (secondary N) is 1. The Labute approximate surface area is 109 Å². The fraction of sp³-hybridized carbons (Fsp3) is 0.533. The number of nitrogens with zero attached hydrogens (tertiary/aromatic N) is 1. The number of nitrogens with two attached hydrogens (primary N) is 1. The number of hydrogen-bond acceptors (Lipinski definition) is 3. The summed E-state index contributed by atoms with van der Waals surface area (Å²) in [6.07, 6.45) is 5.54. The second kappa shape index (κ2) is 5.77. The Morgan fingerprint density at radius 2 is 2.28 bits per heavy atom. The molecule has 2 rings (SSSR count). The van der Waals surface area contributed by atoms with E-state index in [9.17, 15) is 0 Å². The lowest BCUT2D eigenvalue weighted by Gasteiger charge is -2.19. The maximum absolute atomic E-state index is 8.76. The van der Waals surface area contributed by atoms with Gasteiger partial charge in [0.2, 0.25) is 0 Å².